The molecule has 0 unspecified atom stereocenters. The van der Waals surface area contributed by atoms with Crippen molar-refractivity contribution < 1.29 is 27.8 Å². The lowest BCUT2D eigenvalue weighted by Crippen LogP contribution is -2.60. The minimum absolute atomic E-state index is 0.0152. The number of halogens is 4. The summed E-state index contributed by atoms with van der Waals surface area (Å²) in [6, 6.07) is 10.2. The predicted molar refractivity (Wildman–Crippen MR) is 131 cm³/mol. The van der Waals surface area contributed by atoms with E-state index in [0.717, 1.165) is 55.6 Å². The zero-order chi connectivity index (χ0) is 25.8. The summed E-state index contributed by atoms with van der Waals surface area (Å²) in [4.78, 5) is 16.7. The molecule has 0 spiro atoms. The average Bonchev–Trinajstić information content (AvgIpc) is 3.07. The Hall–Kier alpha value is -2.45. The molecular formula is C27H30ClF3N2O3. The fourth-order valence-corrected chi connectivity index (χ4v) is 6.69. The number of nitrogens with zero attached hydrogens (tertiary/aromatic N) is 2. The standard InChI is InChI=1S/C27H30ClF3N2O3/c1-26(2)13-18-11-17(20-6-4-19(12-22(20)28)36-15-27(29,30)31)3-5-21(18)24(26)33(25(34)35)23-14-32-9-7-16(23)8-10-32/h3-6,11-12,16,23-24H,7-10,13-15H2,1-2H3,(H,34,35)/t23-,24+/m1/s1. The van der Waals surface area contributed by atoms with E-state index in [-0.39, 0.29) is 23.2 Å². The van der Waals surface area contributed by atoms with Crippen LogP contribution in [0.25, 0.3) is 11.1 Å². The largest absolute Gasteiger partial charge is 0.484 e. The lowest BCUT2D eigenvalue weighted by Gasteiger charge is -2.51. The van der Waals surface area contributed by atoms with E-state index in [1.165, 1.54) is 12.1 Å². The van der Waals surface area contributed by atoms with Crippen LogP contribution in [0.1, 0.15) is 43.9 Å². The molecule has 1 N–H and O–H groups in total. The van der Waals surface area contributed by atoms with E-state index in [2.05, 4.69) is 18.7 Å². The molecule has 3 saturated heterocycles. The molecule has 0 saturated carbocycles. The van der Waals surface area contributed by atoms with Gasteiger partial charge in [-0.05, 0) is 78.6 Å². The molecule has 2 aromatic rings. The molecule has 2 atom stereocenters. The summed E-state index contributed by atoms with van der Waals surface area (Å²) >= 11 is 6.43. The summed E-state index contributed by atoms with van der Waals surface area (Å²) in [6.07, 6.45) is -2.51. The van der Waals surface area contributed by atoms with Gasteiger partial charge in [0.25, 0.3) is 0 Å². The van der Waals surface area contributed by atoms with Crippen LogP contribution in [-0.4, -0.2) is 59.5 Å². The maximum atomic E-state index is 12.6. The fraction of sp³-hybridized carbons (Fsp3) is 0.519. The van der Waals surface area contributed by atoms with Gasteiger partial charge in [0.2, 0.25) is 0 Å². The first-order valence-corrected chi connectivity index (χ1v) is 12.7. The van der Waals surface area contributed by atoms with E-state index in [1.807, 2.05) is 18.2 Å². The summed E-state index contributed by atoms with van der Waals surface area (Å²) < 4.78 is 42.2. The summed E-state index contributed by atoms with van der Waals surface area (Å²) in [7, 11) is 0. The summed E-state index contributed by atoms with van der Waals surface area (Å²) in [6.45, 7) is 5.74. The normalized spacial score (nSPS) is 26.5. The molecule has 3 fully saturated rings. The Balaban J connectivity index is 1.44. The first kappa shape index (κ1) is 25.2. The number of carbonyl (C=O) groups is 1. The van der Waals surface area contributed by atoms with Gasteiger partial charge in [-0.15, -0.1) is 0 Å². The van der Waals surface area contributed by atoms with Crippen molar-refractivity contribution in [3.05, 3.63) is 52.5 Å². The Morgan fingerprint density at radius 3 is 2.50 bits per heavy atom. The molecule has 5 nitrogen and oxygen atoms in total. The third kappa shape index (κ3) is 4.77. The smallest absolute Gasteiger partial charge is 0.422 e. The Morgan fingerprint density at radius 2 is 1.92 bits per heavy atom. The van der Waals surface area contributed by atoms with E-state index >= 15 is 0 Å². The van der Waals surface area contributed by atoms with Crippen LogP contribution in [0.2, 0.25) is 5.02 Å². The lowest BCUT2D eigenvalue weighted by molar-refractivity contribution is -0.153. The first-order valence-electron chi connectivity index (χ1n) is 12.3. The van der Waals surface area contributed by atoms with Crippen molar-refractivity contribution in [2.45, 2.75) is 51.4 Å². The van der Waals surface area contributed by atoms with Crippen LogP contribution in [0.15, 0.2) is 36.4 Å². The number of carboxylic acid groups (broad SMARTS) is 1. The molecule has 0 radical (unpaired) electrons. The molecule has 36 heavy (non-hydrogen) atoms. The van der Waals surface area contributed by atoms with Gasteiger partial charge in [0.15, 0.2) is 6.61 Å². The number of alkyl halides is 3. The minimum Gasteiger partial charge on any atom is -0.484 e. The highest BCUT2D eigenvalue weighted by molar-refractivity contribution is 6.33. The maximum Gasteiger partial charge on any atom is 0.422 e. The zero-order valence-corrected chi connectivity index (χ0v) is 21.1. The predicted octanol–water partition coefficient (Wildman–Crippen LogP) is 6.65. The van der Waals surface area contributed by atoms with E-state index in [0.29, 0.717) is 16.5 Å². The van der Waals surface area contributed by atoms with E-state index in [9.17, 15) is 23.1 Å². The third-order valence-electron chi connectivity index (χ3n) is 7.96. The molecule has 1 aliphatic carbocycles. The van der Waals surface area contributed by atoms with E-state index in [4.69, 9.17) is 16.3 Å². The molecule has 0 aromatic heterocycles. The molecule has 3 heterocycles. The summed E-state index contributed by atoms with van der Waals surface area (Å²) in [5, 5.41) is 10.7. The SMILES string of the molecule is CC1(C)Cc2cc(-c3ccc(OCC(F)(F)F)cc3Cl)ccc2[C@@H]1N(C(=O)O)[C@@H]1CN2CCC1CC2. The van der Waals surface area contributed by atoms with Crippen molar-refractivity contribution in [2.24, 2.45) is 11.3 Å². The molecule has 2 aromatic carbocycles. The molecule has 6 rings (SSSR count). The van der Waals surface area contributed by atoms with Crippen LogP contribution in [-0.2, 0) is 6.42 Å². The van der Waals surface area contributed by atoms with Gasteiger partial charge in [-0.1, -0.05) is 43.6 Å². The van der Waals surface area contributed by atoms with Crippen LogP contribution >= 0.6 is 11.6 Å². The summed E-state index contributed by atoms with van der Waals surface area (Å²) in [5.41, 5.74) is 3.33. The van der Waals surface area contributed by atoms with Gasteiger partial charge in [0.1, 0.15) is 5.75 Å². The highest BCUT2D eigenvalue weighted by atomic mass is 35.5. The Labute approximate surface area is 213 Å². The van der Waals surface area contributed by atoms with Gasteiger partial charge in [-0.25, -0.2) is 4.79 Å². The Morgan fingerprint density at radius 1 is 1.19 bits per heavy atom. The van der Waals surface area contributed by atoms with Crippen LogP contribution in [0.3, 0.4) is 0 Å². The maximum absolute atomic E-state index is 12.6. The average molecular weight is 523 g/mol. The number of benzene rings is 2. The van der Waals surface area contributed by atoms with Gasteiger partial charge < -0.3 is 14.7 Å². The number of hydrogen-bond donors (Lipinski definition) is 1. The van der Waals surface area contributed by atoms with Gasteiger partial charge in [0.05, 0.1) is 17.1 Å². The number of amides is 1. The highest BCUT2D eigenvalue weighted by Gasteiger charge is 2.50. The van der Waals surface area contributed by atoms with Crippen molar-refractivity contribution >= 4 is 17.7 Å². The second kappa shape index (κ2) is 9.14. The number of fused-ring (bicyclic) bond motifs is 4. The molecule has 3 aliphatic heterocycles. The van der Waals surface area contributed by atoms with E-state index in [1.54, 1.807) is 11.0 Å². The molecule has 2 bridgehead atoms. The second-order valence-electron chi connectivity index (χ2n) is 10.9. The minimum atomic E-state index is -4.42. The van der Waals surface area contributed by atoms with Gasteiger partial charge in [-0.2, -0.15) is 13.2 Å². The van der Waals surface area contributed by atoms with Crippen molar-refractivity contribution in [3.63, 3.8) is 0 Å². The molecular weight excluding hydrogens is 493 g/mol. The molecule has 194 valence electrons. The van der Waals surface area contributed by atoms with Gasteiger partial charge >= 0.3 is 12.3 Å². The Kier molecular flexibility index (Phi) is 6.40. The van der Waals surface area contributed by atoms with Crippen molar-refractivity contribution in [1.29, 1.82) is 0 Å². The highest BCUT2D eigenvalue weighted by Crippen LogP contribution is 2.52. The molecule has 4 aliphatic rings. The Bertz CT molecular complexity index is 1160. The van der Waals surface area contributed by atoms with Crippen LogP contribution in [0.5, 0.6) is 5.75 Å². The van der Waals surface area contributed by atoms with Crippen molar-refractivity contribution in [3.8, 4) is 16.9 Å². The monoisotopic (exact) mass is 522 g/mol. The van der Waals surface area contributed by atoms with Gasteiger partial charge in [0, 0.05) is 12.1 Å². The van der Waals surface area contributed by atoms with Crippen LogP contribution in [0.4, 0.5) is 18.0 Å². The fourth-order valence-electron chi connectivity index (χ4n) is 6.41. The number of rotatable bonds is 5. The first-order chi connectivity index (χ1) is 16.9. The van der Waals surface area contributed by atoms with Gasteiger partial charge in [-0.3, -0.25) is 4.90 Å². The molecule has 9 heteroatoms. The van der Waals surface area contributed by atoms with Crippen molar-refractivity contribution in [1.82, 2.24) is 9.80 Å². The van der Waals surface area contributed by atoms with Crippen LogP contribution in [0, 0.1) is 11.3 Å². The van der Waals surface area contributed by atoms with E-state index < -0.39 is 18.9 Å². The lowest BCUT2D eigenvalue weighted by atomic mass is 9.79. The number of piperidine rings is 3. The quantitative estimate of drug-likeness (QED) is 0.478. The summed E-state index contributed by atoms with van der Waals surface area (Å²) in [5.74, 6) is 0.445. The topological polar surface area (TPSA) is 53.0 Å². The number of hydrogen-bond acceptors (Lipinski definition) is 3. The third-order valence-corrected chi connectivity index (χ3v) is 8.27. The number of ether oxygens (including phenoxy) is 1. The second-order valence-corrected chi connectivity index (χ2v) is 11.3. The van der Waals surface area contributed by atoms with Crippen LogP contribution < -0.4 is 4.74 Å². The molecule has 1 amide bonds. The van der Waals surface area contributed by atoms with Crippen molar-refractivity contribution in [2.75, 3.05) is 26.2 Å². The zero-order valence-electron chi connectivity index (χ0n) is 20.3.